The van der Waals surface area contributed by atoms with Gasteiger partial charge in [0.05, 0.1) is 19.4 Å². The molecule has 7 nitrogen and oxygen atoms in total. The fourth-order valence-electron chi connectivity index (χ4n) is 1.65. The lowest BCUT2D eigenvalue weighted by molar-refractivity contribution is -0.113. The van der Waals surface area contributed by atoms with E-state index in [4.69, 9.17) is 10.5 Å². The van der Waals surface area contributed by atoms with Gasteiger partial charge in [0.25, 0.3) is 0 Å². The van der Waals surface area contributed by atoms with Crippen molar-refractivity contribution >= 4 is 23.4 Å². The molecule has 1 aromatic heterocycles. The highest BCUT2D eigenvalue weighted by atomic mass is 32.2. The van der Waals surface area contributed by atoms with E-state index in [9.17, 15) is 4.79 Å². The van der Waals surface area contributed by atoms with Crippen LogP contribution >= 0.6 is 11.8 Å². The van der Waals surface area contributed by atoms with Gasteiger partial charge in [0.15, 0.2) is 5.16 Å². The summed E-state index contributed by atoms with van der Waals surface area (Å²) in [6, 6.07) is 7.16. The fourth-order valence-corrected chi connectivity index (χ4v) is 2.38. The largest absolute Gasteiger partial charge is 0.497 e. The van der Waals surface area contributed by atoms with Crippen LogP contribution in [-0.4, -0.2) is 33.5 Å². The zero-order chi connectivity index (χ0) is 15.2. The highest BCUT2D eigenvalue weighted by Gasteiger charge is 2.10. The highest BCUT2D eigenvalue weighted by Crippen LogP contribution is 2.18. The lowest BCUT2D eigenvalue weighted by Crippen LogP contribution is -2.14. The zero-order valence-electron chi connectivity index (χ0n) is 11.9. The highest BCUT2D eigenvalue weighted by molar-refractivity contribution is 7.99. The molecule has 0 aliphatic carbocycles. The van der Waals surface area contributed by atoms with Gasteiger partial charge in [0.1, 0.15) is 11.6 Å². The summed E-state index contributed by atoms with van der Waals surface area (Å²) in [6.45, 7) is 0.322. The Morgan fingerprint density at radius 3 is 2.67 bits per heavy atom. The average Bonchev–Trinajstić information content (AvgIpc) is 2.86. The van der Waals surface area contributed by atoms with Crippen molar-refractivity contribution in [2.45, 2.75) is 11.7 Å². The summed E-state index contributed by atoms with van der Waals surface area (Å²) in [6.07, 6.45) is 0. The molecular weight excluding hydrogens is 290 g/mol. The van der Waals surface area contributed by atoms with Gasteiger partial charge in [-0.1, -0.05) is 11.8 Å². The van der Waals surface area contributed by atoms with E-state index in [1.807, 2.05) is 7.05 Å². The fraction of sp³-hybridized carbons (Fsp3) is 0.308. The molecule has 0 saturated carbocycles. The van der Waals surface area contributed by atoms with E-state index < -0.39 is 0 Å². The Kier molecular flexibility index (Phi) is 5.18. The minimum absolute atomic E-state index is 0.109. The number of hydrogen-bond donors (Lipinski definition) is 2. The summed E-state index contributed by atoms with van der Waals surface area (Å²) < 4.78 is 6.84. The molecular formula is C13H17N5O2S. The summed E-state index contributed by atoms with van der Waals surface area (Å²) in [5.74, 6) is 1.58. The standard InChI is InChI=1S/C13H17N5O2S/c1-18-11(7-14)16-17-13(18)21-8-12(19)15-9-3-5-10(20-2)6-4-9/h3-6H,7-8,14H2,1-2H3,(H,15,19). The number of benzene rings is 1. The molecule has 0 bridgehead atoms. The first kappa shape index (κ1) is 15.3. The Balaban J connectivity index is 1.87. The van der Waals surface area contributed by atoms with Crippen molar-refractivity contribution in [1.82, 2.24) is 14.8 Å². The number of carbonyl (C=O) groups is 1. The second-order valence-electron chi connectivity index (χ2n) is 4.23. The normalized spacial score (nSPS) is 10.4. The maximum absolute atomic E-state index is 11.9. The Morgan fingerprint density at radius 1 is 1.38 bits per heavy atom. The van der Waals surface area contributed by atoms with Crippen LogP contribution in [0.3, 0.4) is 0 Å². The first-order valence-electron chi connectivity index (χ1n) is 6.29. The molecule has 3 N–H and O–H groups in total. The number of nitrogens with two attached hydrogens (primary N) is 1. The quantitative estimate of drug-likeness (QED) is 0.774. The van der Waals surface area contributed by atoms with Crippen molar-refractivity contribution in [3.05, 3.63) is 30.1 Å². The molecule has 21 heavy (non-hydrogen) atoms. The monoisotopic (exact) mass is 307 g/mol. The lowest BCUT2D eigenvalue weighted by Gasteiger charge is -2.06. The molecule has 0 unspecified atom stereocenters. The van der Waals surface area contributed by atoms with Gasteiger partial charge in [-0.15, -0.1) is 10.2 Å². The molecule has 112 valence electrons. The van der Waals surface area contributed by atoms with Crippen LogP contribution in [0.4, 0.5) is 5.69 Å². The Morgan fingerprint density at radius 2 is 2.10 bits per heavy atom. The molecule has 0 saturated heterocycles. The number of carbonyl (C=O) groups excluding carboxylic acids is 1. The van der Waals surface area contributed by atoms with Gasteiger partial charge < -0.3 is 20.4 Å². The van der Waals surface area contributed by atoms with Crippen molar-refractivity contribution < 1.29 is 9.53 Å². The number of nitrogens with zero attached hydrogens (tertiary/aromatic N) is 3. The molecule has 8 heteroatoms. The topological polar surface area (TPSA) is 95.1 Å². The van der Waals surface area contributed by atoms with Gasteiger partial charge in [-0.3, -0.25) is 4.79 Å². The molecule has 0 aliphatic heterocycles. The van der Waals surface area contributed by atoms with E-state index in [0.717, 1.165) is 11.4 Å². The summed E-state index contributed by atoms with van der Waals surface area (Å²) in [7, 11) is 3.42. The van der Waals surface area contributed by atoms with E-state index >= 15 is 0 Å². The number of thioether (sulfide) groups is 1. The second kappa shape index (κ2) is 7.09. The molecule has 0 radical (unpaired) electrons. The third-order valence-corrected chi connectivity index (χ3v) is 3.83. The average molecular weight is 307 g/mol. The summed E-state index contributed by atoms with van der Waals surface area (Å²) >= 11 is 1.32. The van der Waals surface area contributed by atoms with Crippen LogP contribution in [0.1, 0.15) is 5.82 Å². The van der Waals surface area contributed by atoms with Crippen molar-refractivity contribution in [3.8, 4) is 5.75 Å². The van der Waals surface area contributed by atoms with Gasteiger partial charge in [-0.2, -0.15) is 0 Å². The van der Waals surface area contributed by atoms with E-state index in [1.165, 1.54) is 11.8 Å². The minimum atomic E-state index is -0.109. The van der Waals surface area contributed by atoms with E-state index in [1.54, 1.807) is 35.9 Å². The van der Waals surface area contributed by atoms with Crippen LogP contribution in [0.5, 0.6) is 5.75 Å². The number of anilines is 1. The van der Waals surface area contributed by atoms with Crippen molar-refractivity contribution in [2.24, 2.45) is 12.8 Å². The molecule has 1 aromatic carbocycles. The third kappa shape index (κ3) is 3.96. The van der Waals surface area contributed by atoms with Gasteiger partial charge in [0.2, 0.25) is 5.91 Å². The van der Waals surface area contributed by atoms with Crippen LogP contribution < -0.4 is 15.8 Å². The Bertz CT molecular complexity index is 612. The zero-order valence-corrected chi connectivity index (χ0v) is 12.7. The van der Waals surface area contributed by atoms with Crippen LogP contribution in [0.25, 0.3) is 0 Å². The first-order valence-corrected chi connectivity index (χ1v) is 7.27. The predicted molar refractivity (Wildman–Crippen MR) is 81.2 cm³/mol. The Hall–Kier alpha value is -2.06. The summed E-state index contributed by atoms with van der Waals surface area (Å²) in [4.78, 5) is 11.9. The lowest BCUT2D eigenvalue weighted by atomic mass is 10.3. The maximum Gasteiger partial charge on any atom is 0.234 e. The van der Waals surface area contributed by atoms with E-state index in [2.05, 4.69) is 15.5 Å². The van der Waals surface area contributed by atoms with Crippen LogP contribution in [0, 0.1) is 0 Å². The molecule has 1 heterocycles. The summed E-state index contributed by atoms with van der Waals surface area (Å²) in [5, 5.41) is 11.4. The Labute approximate surface area is 126 Å². The van der Waals surface area contributed by atoms with Crippen molar-refractivity contribution in [1.29, 1.82) is 0 Å². The maximum atomic E-state index is 11.9. The number of rotatable bonds is 6. The number of methoxy groups -OCH3 is 1. The molecule has 0 atom stereocenters. The number of aromatic nitrogens is 3. The van der Waals surface area contributed by atoms with Gasteiger partial charge in [0, 0.05) is 12.7 Å². The van der Waals surface area contributed by atoms with Crippen molar-refractivity contribution in [3.63, 3.8) is 0 Å². The number of amides is 1. The smallest absolute Gasteiger partial charge is 0.234 e. The van der Waals surface area contributed by atoms with Crippen LogP contribution in [0.2, 0.25) is 0 Å². The van der Waals surface area contributed by atoms with Gasteiger partial charge in [-0.25, -0.2) is 0 Å². The van der Waals surface area contributed by atoms with Crippen LogP contribution in [0.15, 0.2) is 29.4 Å². The van der Waals surface area contributed by atoms with Crippen molar-refractivity contribution in [2.75, 3.05) is 18.2 Å². The molecule has 0 aliphatic rings. The SMILES string of the molecule is COc1ccc(NC(=O)CSc2nnc(CN)n2C)cc1. The molecule has 1 amide bonds. The number of hydrogen-bond acceptors (Lipinski definition) is 6. The second-order valence-corrected chi connectivity index (χ2v) is 5.17. The van der Waals surface area contributed by atoms with Gasteiger partial charge in [-0.05, 0) is 24.3 Å². The van der Waals surface area contributed by atoms with Crippen LogP contribution in [-0.2, 0) is 18.4 Å². The molecule has 2 aromatic rings. The molecule has 0 fully saturated rings. The van der Waals surface area contributed by atoms with E-state index in [-0.39, 0.29) is 11.7 Å². The molecule has 0 spiro atoms. The summed E-state index contributed by atoms with van der Waals surface area (Å²) in [5.41, 5.74) is 6.25. The van der Waals surface area contributed by atoms with Gasteiger partial charge >= 0.3 is 0 Å². The molecule has 2 rings (SSSR count). The minimum Gasteiger partial charge on any atom is -0.497 e. The number of ether oxygens (including phenoxy) is 1. The first-order chi connectivity index (χ1) is 10.1. The number of nitrogens with one attached hydrogen (secondary N) is 1. The third-order valence-electron chi connectivity index (χ3n) is 2.81. The van der Waals surface area contributed by atoms with E-state index in [0.29, 0.717) is 17.5 Å². The predicted octanol–water partition coefficient (Wildman–Crippen LogP) is 1.01.